The standard InChI is InChI=1S/C19H17ClFNO4/c1-4-24-18(23)19(2,3)25-14-10-9-12-16(22-26-17(12)15(14)20)11-7-5-6-8-13(11)21/h5-10H,4H2,1-3H3. The second-order valence-corrected chi connectivity index (χ2v) is 6.48. The molecule has 7 heteroatoms. The van der Waals surface area contributed by atoms with E-state index < -0.39 is 17.4 Å². The van der Waals surface area contributed by atoms with Gasteiger partial charge in [0.15, 0.2) is 11.2 Å². The van der Waals surface area contributed by atoms with Crippen molar-refractivity contribution in [3.05, 3.63) is 47.2 Å². The third kappa shape index (κ3) is 3.24. The van der Waals surface area contributed by atoms with Gasteiger partial charge in [-0.2, -0.15) is 0 Å². The van der Waals surface area contributed by atoms with E-state index in [1.165, 1.54) is 6.07 Å². The number of rotatable bonds is 5. The van der Waals surface area contributed by atoms with Crippen molar-refractivity contribution in [1.82, 2.24) is 5.16 Å². The van der Waals surface area contributed by atoms with Crippen LogP contribution in [0, 0.1) is 5.82 Å². The molecule has 1 aromatic heterocycles. The van der Waals surface area contributed by atoms with Crippen LogP contribution in [0.15, 0.2) is 40.9 Å². The third-order valence-corrected chi connectivity index (χ3v) is 4.16. The predicted molar refractivity (Wildman–Crippen MR) is 95.8 cm³/mol. The lowest BCUT2D eigenvalue weighted by Crippen LogP contribution is -2.39. The minimum absolute atomic E-state index is 0.148. The molecule has 0 radical (unpaired) electrons. The molecule has 0 aliphatic carbocycles. The van der Waals surface area contributed by atoms with E-state index in [4.69, 9.17) is 25.6 Å². The fourth-order valence-electron chi connectivity index (χ4n) is 2.50. The first kappa shape index (κ1) is 18.2. The average molecular weight is 378 g/mol. The molecular weight excluding hydrogens is 361 g/mol. The molecule has 0 aliphatic rings. The van der Waals surface area contributed by atoms with Crippen molar-refractivity contribution in [1.29, 1.82) is 0 Å². The lowest BCUT2D eigenvalue weighted by atomic mass is 10.1. The fraction of sp³-hybridized carbons (Fsp3) is 0.263. The summed E-state index contributed by atoms with van der Waals surface area (Å²) in [5.41, 5.74) is -0.331. The molecule has 136 valence electrons. The molecule has 0 N–H and O–H groups in total. The second kappa shape index (κ2) is 6.96. The minimum atomic E-state index is -1.23. The molecular formula is C19H17ClFNO4. The summed E-state index contributed by atoms with van der Waals surface area (Å²) in [6.45, 7) is 5.12. The van der Waals surface area contributed by atoms with Crippen LogP contribution in [-0.4, -0.2) is 23.3 Å². The zero-order chi connectivity index (χ0) is 18.9. The van der Waals surface area contributed by atoms with Gasteiger partial charge >= 0.3 is 5.97 Å². The van der Waals surface area contributed by atoms with Crippen molar-refractivity contribution < 1.29 is 23.2 Å². The summed E-state index contributed by atoms with van der Waals surface area (Å²) < 4.78 is 30.1. The number of fused-ring (bicyclic) bond motifs is 1. The Bertz CT molecular complexity index is 967. The number of benzene rings is 2. The number of hydrogen-bond donors (Lipinski definition) is 0. The van der Waals surface area contributed by atoms with Crippen molar-refractivity contribution in [3.63, 3.8) is 0 Å². The molecule has 0 saturated carbocycles. The first-order valence-electron chi connectivity index (χ1n) is 8.04. The van der Waals surface area contributed by atoms with Gasteiger partial charge in [0.2, 0.25) is 0 Å². The highest BCUT2D eigenvalue weighted by Crippen LogP contribution is 2.39. The lowest BCUT2D eigenvalue weighted by Gasteiger charge is -2.24. The highest BCUT2D eigenvalue weighted by atomic mass is 35.5. The summed E-state index contributed by atoms with van der Waals surface area (Å²) in [5, 5.41) is 4.63. The van der Waals surface area contributed by atoms with E-state index in [2.05, 4.69) is 5.16 Å². The van der Waals surface area contributed by atoms with E-state index in [9.17, 15) is 9.18 Å². The number of carbonyl (C=O) groups excluding carboxylic acids is 1. The van der Waals surface area contributed by atoms with E-state index in [0.717, 1.165) is 0 Å². The Hall–Kier alpha value is -2.60. The quantitative estimate of drug-likeness (QED) is 0.585. The summed E-state index contributed by atoms with van der Waals surface area (Å²) in [6.07, 6.45) is 0. The topological polar surface area (TPSA) is 61.6 Å². The molecule has 0 spiro atoms. The van der Waals surface area contributed by atoms with Gasteiger partial charge in [0.05, 0.1) is 12.0 Å². The third-order valence-electron chi connectivity index (χ3n) is 3.81. The van der Waals surface area contributed by atoms with Gasteiger partial charge in [0.25, 0.3) is 0 Å². The number of esters is 1. The molecule has 0 aliphatic heterocycles. The van der Waals surface area contributed by atoms with Gasteiger partial charge in [-0.15, -0.1) is 0 Å². The number of aromatic nitrogens is 1. The van der Waals surface area contributed by atoms with Crippen LogP contribution < -0.4 is 4.74 Å². The van der Waals surface area contributed by atoms with Crippen molar-refractivity contribution in [2.45, 2.75) is 26.4 Å². The van der Waals surface area contributed by atoms with Gasteiger partial charge in [0, 0.05) is 5.56 Å². The van der Waals surface area contributed by atoms with E-state index >= 15 is 0 Å². The Morgan fingerprint density at radius 3 is 2.69 bits per heavy atom. The van der Waals surface area contributed by atoms with Crippen LogP contribution in [0.1, 0.15) is 20.8 Å². The zero-order valence-corrected chi connectivity index (χ0v) is 15.3. The van der Waals surface area contributed by atoms with Crippen molar-refractivity contribution in [2.75, 3.05) is 6.61 Å². The first-order chi connectivity index (χ1) is 12.3. The Kier molecular flexibility index (Phi) is 4.87. The molecule has 0 atom stereocenters. The van der Waals surface area contributed by atoms with Gasteiger partial charge in [-0.1, -0.05) is 28.9 Å². The van der Waals surface area contributed by atoms with Gasteiger partial charge in [-0.05, 0) is 45.0 Å². The van der Waals surface area contributed by atoms with E-state index in [-0.39, 0.29) is 23.0 Å². The summed E-state index contributed by atoms with van der Waals surface area (Å²) in [4.78, 5) is 12.0. The molecule has 0 amide bonds. The molecule has 5 nitrogen and oxygen atoms in total. The molecule has 0 unspecified atom stereocenters. The number of carbonyl (C=O) groups is 1. The molecule has 0 fully saturated rings. The number of nitrogens with zero attached hydrogens (tertiary/aromatic N) is 1. The van der Waals surface area contributed by atoms with Crippen molar-refractivity contribution >= 4 is 28.5 Å². The summed E-state index contributed by atoms with van der Waals surface area (Å²) in [5.74, 6) is -0.683. The number of hydrogen-bond acceptors (Lipinski definition) is 5. The monoisotopic (exact) mass is 377 g/mol. The first-order valence-corrected chi connectivity index (χ1v) is 8.42. The van der Waals surface area contributed by atoms with Gasteiger partial charge in [-0.25, -0.2) is 9.18 Å². The molecule has 26 heavy (non-hydrogen) atoms. The van der Waals surface area contributed by atoms with Crippen LogP contribution in [0.5, 0.6) is 5.75 Å². The molecule has 3 aromatic rings. The fourth-order valence-corrected chi connectivity index (χ4v) is 2.74. The SMILES string of the molecule is CCOC(=O)C(C)(C)Oc1ccc2c(-c3ccccc3F)noc2c1Cl. The molecule has 2 aromatic carbocycles. The maximum absolute atomic E-state index is 14.1. The van der Waals surface area contributed by atoms with Crippen LogP contribution in [0.2, 0.25) is 5.02 Å². The molecule has 0 bridgehead atoms. The summed E-state index contributed by atoms with van der Waals surface area (Å²) >= 11 is 6.37. The number of ether oxygens (including phenoxy) is 2. The van der Waals surface area contributed by atoms with Crippen LogP contribution in [-0.2, 0) is 9.53 Å². The highest BCUT2D eigenvalue weighted by Gasteiger charge is 2.33. The Labute approximate surface area is 154 Å². The predicted octanol–water partition coefficient (Wildman–Crippen LogP) is 5.01. The maximum atomic E-state index is 14.1. The van der Waals surface area contributed by atoms with Crippen LogP contribution in [0.3, 0.4) is 0 Å². The summed E-state index contributed by atoms with van der Waals surface area (Å²) in [7, 11) is 0. The highest BCUT2D eigenvalue weighted by molar-refractivity contribution is 6.36. The van der Waals surface area contributed by atoms with Crippen molar-refractivity contribution in [2.24, 2.45) is 0 Å². The zero-order valence-electron chi connectivity index (χ0n) is 14.5. The Morgan fingerprint density at radius 1 is 1.27 bits per heavy atom. The lowest BCUT2D eigenvalue weighted by molar-refractivity contribution is -0.158. The average Bonchev–Trinajstić information content (AvgIpc) is 3.02. The van der Waals surface area contributed by atoms with Gasteiger partial charge < -0.3 is 14.0 Å². The van der Waals surface area contributed by atoms with E-state index in [0.29, 0.717) is 16.6 Å². The van der Waals surface area contributed by atoms with E-state index in [1.807, 2.05) is 0 Å². The largest absolute Gasteiger partial charge is 0.474 e. The second-order valence-electron chi connectivity index (χ2n) is 6.10. The molecule has 1 heterocycles. The van der Waals surface area contributed by atoms with Crippen LogP contribution in [0.4, 0.5) is 4.39 Å². The van der Waals surface area contributed by atoms with Gasteiger partial charge in [-0.3, -0.25) is 0 Å². The van der Waals surface area contributed by atoms with Crippen LogP contribution >= 0.6 is 11.6 Å². The molecule has 3 rings (SSSR count). The van der Waals surface area contributed by atoms with Crippen molar-refractivity contribution in [3.8, 4) is 17.0 Å². The maximum Gasteiger partial charge on any atom is 0.349 e. The Balaban J connectivity index is 2.01. The van der Waals surface area contributed by atoms with Crippen LogP contribution in [0.25, 0.3) is 22.2 Å². The van der Waals surface area contributed by atoms with Gasteiger partial charge in [0.1, 0.15) is 22.3 Å². The smallest absolute Gasteiger partial charge is 0.349 e. The molecule has 0 saturated heterocycles. The Morgan fingerprint density at radius 2 is 2.00 bits per heavy atom. The summed E-state index contributed by atoms with van der Waals surface area (Å²) in [6, 6.07) is 9.51. The minimum Gasteiger partial charge on any atom is -0.474 e. The number of halogens is 2. The normalized spacial score (nSPS) is 11.6. The van der Waals surface area contributed by atoms with E-state index in [1.54, 1.807) is 51.1 Å².